The predicted molar refractivity (Wildman–Crippen MR) is 86.1 cm³/mol. The molecular formula is C15H19ClFN5O. The van der Waals surface area contributed by atoms with Crippen molar-refractivity contribution in [2.75, 3.05) is 13.1 Å². The molecule has 8 heteroatoms. The molecule has 23 heavy (non-hydrogen) atoms. The van der Waals surface area contributed by atoms with Gasteiger partial charge in [-0.3, -0.25) is 4.79 Å². The Hall–Kier alpha value is -1.99. The average Bonchev–Trinajstić information content (AvgIpc) is 2.97. The molecule has 1 amide bonds. The van der Waals surface area contributed by atoms with Crippen molar-refractivity contribution in [3.8, 4) is 0 Å². The van der Waals surface area contributed by atoms with Gasteiger partial charge in [0.05, 0.1) is 12.7 Å². The normalized spacial score (nSPS) is 15.0. The number of hydrogen-bond donors (Lipinski definition) is 2. The second kappa shape index (κ2) is 8.03. The van der Waals surface area contributed by atoms with Crippen LogP contribution in [0.3, 0.4) is 0 Å². The van der Waals surface area contributed by atoms with Gasteiger partial charge in [0.15, 0.2) is 5.69 Å². The van der Waals surface area contributed by atoms with Crippen LogP contribution in [0.25, 0.3) is 0 Å². The van der Waals surface area contributed by atoms with E-state index in [4.69, 9.17) is 0 Å². The maximum atomic E-state index is 13.1. The van der Waals surface area contributed by atoms with Crippen LogP contribution in [0.4, 0.5) is 4.39 Å². The number of amides is 1. The zero-order chi connectivity index (χ0) is 15.4. The summed E-state index contributed by atoms with van der Waals surface area (Å²) in [7, 11) is 0. The quantitative estimate of drug-likeness (QED) is 0.882. The van der Waals surface area contributed by atoms with Crippen molar-refractivity contribution in [1.29, 1.82) is 0 Å². The van der Waals surface area contributed by atoms with E-state index >= 15 is 0 Å². The first-order valence-electron chi connectivity index (χ1n) is 7.37. The smallest absolute Gasteiger partial charge is 0.273 e. The molecule has 2 aromatic rings. The molecule has 1 aliphatic rings. The Morgan fingerprint density at radius 2 is 2.17 bits per heavy atom. The van der Waals surface area contributed by atoms with E-state index in [1.54, 1.807) is 18.3 Å². The second-order valence-corrected chi connectivity index (χ2v) is 5.43. The molecule has 3 rings (SSSR count). The van der Waals surface area contributed by atoms with Gasteiger partial charge in [-0.1, -0.05) is 17.3 Å². The molecule has 0 aliphatic carbocycles. The average molecular weight is 340 g/mol. The number of piperidine rings is 1. The first kappa shape index (κ1) is 17.4. The molecule has 0 bridgehead atoms. The highest BCUT2D eigenvalue weighted by molar-refractivity contribution is 5.92. The van der Waals surface area contributed by atoms with Crippen LogP contribution >= 0.6 is 12.4 Å². The minimum absolute atomic E-state index is 0. The van der Waals surface area contributed by atoms with Gasteiger partial charge in [-0.05, 0) is 43.6 Å². The van der Waals surface area contributed by atoms with Crippen LogP contribution < -0.4 is 10.6 Å². The molecule has 2 heterocycles. The monoisotopic (exact) mass is 339 g/mol. The SMILES string of the molecule is Cl.O=C(NC1CCNCC1)c1cn(Cc2cccc(F)c2)nn1. The van der Waals surface area contributed by atoms with Crippen molar-refractivity contribution in [2.45, 2.75) is 25.4 Å². The third-order valence-corrected chi connectivity index (χ3v) is 3.68. The predicted octanol–water partition coefficient (Wildman–Crippen LogP) is 1.37. The van der Waals surface area contributed by atoms with E-state index < -0.39 is 0 Å². The highest BCUT2D eigenvalue weighted by Crippen LogP contribution is 2.07. The lowest BCUT2D eigenvalue weighted by atomic mass is 10.1. The van der Waals surface area contributed by atoms with Gasteiger partial charge in [0.1, 0.15) is 5.82 Å². The maximum Gasteiger partial charge on any atom is 0.273 e. The lowest BCUT2D eigenvalue weighted by Crippen LogP contribution is -2.42. The van der Waals surface area contributed by atoms with Crippen LogP contribution in [0.15, 0.2) is 30.5 Å². The minimum Gasteiger partial charge on any atom is -0.348 e. The minimum atomic E-state index is -0.290. The summed E-state index contributed by atoms with van der Waals surface area (Å²) in [6.45, 7) is 2.21. The largest absolute Gasteiger partial charge is 0.348 e. The lowest BCUT2D eigenvalue weighted by Gasteiger charge is -2.23. The van der Waals surface area contributed by atoms with E-state index in [9.17, 15) is 9.18 Å². The highest BCUT2D eigenvalue weighted by Gasteiger charge is 2.18. The Labute approximate surface area is 139 Å². The Balaban J connectivity index is 0.00000192. The highest BCUT2D eigenvalue weighted by atomic mass is 35.5. The Morgan fingerprint density at radius 3 is 2.91 bits per heavy atom. The van der Waals surface area contributed by atoms with Crippen molar-refractivity contribution in [3.63, 3.8) is 0 Å². The third kappa shape index (κ3) is 4.74. The van der Waals surface area contributed by atoms with E-state index in [2.05, 4.69) is 20.9 Å². The van der Waals surface area contributed by atoms with Crippen LogP contribution in [0.2, 0.25) is 0 Å². The fraction of sp³-hybridized carbons (Fsp3) is 0.400. The van der Waals surface area contributed by atoms with Crippen LogP contribution in [-0.4, -0.2) is 40.0 Å². The number of carbonyl (C=O) groups is 1. The van der Waals surface area contributed by atoms with Crippen molar-refractivity contribution in [2.24, 2.45) is 0 Å². The van der Waals surface area contributed by atoms with E-state index in [1.807, 2.05) is 0 Å². The van der Waals surface area contributed by atoms with Gasteiger partial charge in [-0.25, -0.2) is 9.07 Å². The summed E-state index contributed by atoms with van der Waals surface area (Å²) in [6.07, 6.45) is 3.42. The first-order chi connectivity index (χ1) is 10.7. The van der Waals surface area contributed by atoms with E-state index in [-0.39, 0.29) is 35.9 Å². The number of nitrogens with one attached hydrogen (secondary N) is 2. The zero-order valence-corrected chi connectivity index (χ0v) is 13.4. The van der Waals surface area contributed by atoms with Crippen LogP contribution in [0, 0.1) is 5.82 Å². The summed E-state index contributed by atoms with van der Waals surface area (Å²) in [4.78, 5) is 12.1. The third-order valence-electron chi connectivity index (χ3n) is 3.68. The molecule has 0 atom stereocenters. The first-order valence-corrected chi connectivity index (χ1v) is 7.37. The number of benzene rings is 1. The lowest BCUT2D eigenvalue weighted by molar-refractivity contribution is 0.0924. The van der Waals surface area contributed by atoms with Crippen molar-refractivity contribution >= 4 is 18.3 Å². The molecule has 1 fully saturated rings. The van der Waals surface area contributed by atoms with Crippen LogP contribution in [0.1, 0.15) is 28.9 Å². The number of aromatic nitrogens is 3. The molecule has 1 saturated heterocycles. The number of halogens is 2. The fourth-order valence-electron chi connectivity index (χ4n) is 2.53. The number of hydrogen-bond acceptors (Lipinski definition) is 4. The summed E-state index contributed by atoms with van der Waals surface area (Å²) < 4.78 is 14.7. The molecule has 0 unspecified atom stereocenters. The second-order valence-electron chi connectivity index (χ2n) is 5.43. The molecular weight excluding hydrogens is 321 g/mol. The maximum absolute atomic E-state index is 13.1. The van der Waals surface area contributed by atoms with Crippen LogP contribution in [-0.2, 0) is 6.54 Å². The molecule has 2 N–H and O–H groups in total. The molecule has 6 nitrogen and oxygen atoms in total. The summed E-state index contributed by atoms with van der Waals surface area (Å²) in [6, 6.07) is 6.47. The van der Waals surface area contributed by atoms with Gasteiger partial charge >= 0.3 is 0 Å². The Kier molecular flexibility index (Phi) is 6.06. The number of rotatable bonds is 4. The molecule has 1 aliphatic heterocycles. The van der Waals surface area contributed by atoms with Gasteiger partial charge in [0.25, 0.3) is 5.91 Å². The fourth-order valence-corrected chi connectivity index (χ4v) is 2.53. The standard InChI is InChI=1S/C15H18FN5O.ClH/c16-12-3-1-2-11(8-12)9-21-10-14(19-20-21)15(22)18-13-4-6-17-7-5-13;/h1-3,8,10,13,17H,4-7,9H2,(H,18,22);1H. The van der Waals surface area contributed by atoms with Gasteiger partial charge < -0.3 is 10.6 Å². The summed E-state index contributed by atoms with van der Waals surface area (Å²) in [5.74, 6) is -0.501. The van der Waals surface area contributed by atoms with E-state index in [0.717, 1.165) is 31.5 Å². The van der Waals surface area contributed by atoms with Crippen molar-refractivity contribution in [1.82, 2.24) is 25.6 Å². The van der Waals surface area contributed by atoms with Crippen molar-refractivity contribution in [3.05, 3.63) is 47.5 Å². The van der Waals surface area contributed by atoms with Crippen molar-refractivity contribution < 1.29 is 9.18 Å². The van der Waals surface area contributed by atoms with E-state index in [0.29, 0.717) is 6.54 Å². The Bertz CT molecular complexity index is 657. The van der Waals surface area contributed by atoms with Gasteiger partial charge in [-0.2, -0.15) is 0 Å². The number of nitrogens with zero attached hydrogens (tertiary/aromatic N) is 3. The molecule has 0 radical (unpaired) electrons. The topological polar surface area (TPSA) is 71.8 Å². The number of carbonyl (C=O) groups excluding carboxylic acids is 1. The summed E-state index contributed by atoms with van der Waals surface area (Å²) >= 11 is 0. The van der Waals surface area contributed by atoms with Crippen LogP contribution in [0.5, 0.6) is 0 Å². The van der Waals surface area contributed by atoms with Gasteiger partial charge in [-0.15, -0.1) is 17.5 Å². The zero-order valence-electron chi connectivity index (χ0n) is 12.5. The molecule has 124 valence electrons. The summed E-state index contributed by atoms with van der Waals surface area (Å²) in [5, 5.41) is 14.0. The van der Waals surface area contributed by atoms with Gasteiger partial charge in [0.2, 0.25) is 0 Å². The molecule has 0 saturated carbocycles. The van der Waals surface area contributed by atoms with Gasteiger partial charge in [0, 0.05) is 6.04 Å². The molecule has 1 aromatic carbocycles. The molecule has 0 spiro atoms. The molecule has 1 aromatic heterocycles. The van der Waals surface area contributed by atoms with E-state index in [1.165, 1.54) is 16.8 Å². The summed E-state index contributed by atoms with van der Waals surface area (Å²) in [5.41, 5.74) is 1.06. The Morgan fingerprint density at radius 1 is 1.39 bits per heavy atom.